The Morgan fingerprint density at radius 1 is 1.54 bits per heavy atom. The first-order valence-electron chi connectivity index (χ1n) is 4.18. The molecule has 0 atom stereocenters. The summed E-state index contributed by atoms with van der Waals surface area (Å²) in [6, 6.07) is 0. The van der Waals surface area contributed by atoms with Gasteiger partial charge in [0.05, 0.1) is 7.11 Å². The van der Waals surface area contributed by atoms with Crippen LogP contribution in [-0.4, -0.2) is 23.3 Å². The summed E-state index contributed by atoms with van der Waals surface area (Å²) in [6.07, 6.45) is 2.74. The highest BCUT2D eigenvalue weighted by molar-refractivity contribution is 5.83. The number of carbonyl (C=O) groups is 1. The molecule has 0 spiro atoms. The van der Waals surface area contributed by atoms with Gasteiger partial charge in [0.1, 0.15) is 0 Å². The molecule has 0 aliphatic rings. The van der Waals surface area contributed by atoms with Gasteiger partial charge in [-0.05, 0) is 6.42 Å². The van der Waals surface area contributed by atoms with Gasteiger partial charge in [0.2, 0.25) is 5.89 Å². The van der Waals surface area contributed by atoms with Crippen LogP contribution in [0, 0.1) is 0 Å². The van der Waals surface area contributed by atoms with Crippen molar-refractivity contribution < 1.29 is 13.9 Å². The van der Waals surface area contributed by atoms with Crippen molar-refractivity contribution in [3.63, 3.8) is 0 Å². The van der Waals surface area contributed by atoms with Crippen LogP contribution in [-0.2, 0) is 11.2 Å². The van der Waals surface area contributed by atoms with Gasteiger partial charge in [-0.25, -0.2) is 4.79 Å². The second-order valence-electron chi connectivity index (χ2n) is 2.60. The molecule has 1 heterocycles. The van der Waals surface area contributed by atoms with E-state index in [0.717, 1.165) is 12.8 Å². The van der Waals surface area contributed by atoms with Crippen LogP contribution in [0.2, 0.25) is 0 Å². The van der Waals surface area contributed by atoms with Crippen LogP contribution in [0.25, 0.3) is 0 Å². The van der Waals surface area contributed by atoms with Crippen molar-refractivity contribution in [3.8, 4) is 0 Å². The molecule has 1 aromatic heterocycles. The van der Waals surface area contributed by atoms with E-state index in [2.05, 4.69) is 21.9 Å². The van der Waals surface area contributed by atoms with Crippen LogP contribution in [0.3, 0.4) is 0 Å². The molecule has 5 heteroatoms. The molecular formula is C8H12N2O3. The first kappa shape index (κ1) is 9.70. The molecule has 0 aliphatic carbocycles. The normalized spacial score (nSPS) is 10.0. The topological polar surface area (TPSA) is 65.2 Å². The largest absolute Gasteiger partial charge is 0.462 e. The summed E-state index contributed by atoms with van der Waals surface area (Å²) in [7, 11) is 1.28. The number of nitrogens with zero attached hydrogens (tertiary/aromatic N) is 2. The molecule has 0 bridgehead atoms. The van der Waals surface area contributed by atoms with E-state index >= 15 is 0 Å². The fourth-order valence-corrected chi connectivity index (χ4v) is 0.852. The molecular weight excluding hydrogens is 172 g/mol. The number of hydrogen-bond donors (Lipinski definition) is 0. The van der Waals surface area contributed by atoms with Crippen molar-refractivity contribution in [3.05, 3.63) is 11.8 Å². The zero-order valence-corrected chi connectivity index (χ0v) is 7.74. The molecule has 1 aromatic rings. The predicted octanol–water partition coefficient (Wildman–Crippen LogP) is 1.20. The second kappa shape index (κ2) is 4.59. The SMILES string of the molecule is CCCCc1nnc(C(=O)OC)o1. The monoisotopic (exact) mass is 184 g/mol. The zero-order valence-electron chi connectivity index (χ0n) is 7.74. The summed E-state index contributed by atoms with van der Waals surface area (Å²) in [4.78, 5) is 10.9. The van der Waals surface area contributed by atoms with Crippen LogP contribution >= 0.6 is 0 Å². The van der Waals surface area contributed by atoms with Crippen molar-refractivity contribution in [2.75, 3.05) is 7.11 Å². The van der Waals surface area contributed by atoms with Gasteiger partial charge < -0.3 is 9.15 Å². The van der Waals surface area contributed by atoms with Gasteiger partial charge in [-0.15, -0.1) is 10.2 Å². The average Bonchev–Trinajstić information content (AvgIpc) is 2.62. The van der Waals surface area contributed by atoms with Crippen molar-refractivity contribution in [1.29, 1.82) is 0 Å². The summed E-state index contributed by atoms with van der Waals surface area (Å²) in [5.74, 6) is -0.175. The Morgan fingerprint density at radius 3 is 2.92 bits per heavy atom. The molecule has 0 N–H and O–H groups in total. The van der Waals surface area contributed by atoms with Crippen molar-refractivity contribution in [2.45, 2.75) is 26.2 Å². The summed E-state index contributed by atoms with van der Waals surface area (Å²) in [6.45, 7) is 2.07. The molecule has 0 saturated carbocycles. The Bertz CT molecular complexity index is 283. The summed E-state index contributed by atoms with van der Waals surface area (Å²) < 4.78 is 9.46. The second-order valence-corrected chi connectivity index (χ2v) is 2.60. The number of aryl methyl sites for hydroxylation is 1. The fraction of sp³-hybridized carbons (Fsp3) is 0.625. The van der Waals surface area contributed by atoms with Crippen LogP contribution < -0.4 is 0 Å². The minimum absolute atomic E-state index is 0.0754. The Balaban J connectivity index is 2.58. The van der Waals surface area contributed by atoms with E-state index in [9.17, 15) is 4.79 Å². The van der Waals surface area contributed by atoms with E-state index in [-0.39, 0.29) is 5.89 Å². The number of carbonyl (C=O) groups excluding carboxylic acids is 1. The number of methoxy groups -OCH3 is 1. The highest BCUT2D eigenvalue weighted by atomic mass is 16.5. The molecule has 72 valence electrons. The third-order valence-electron chi connectivity index (χ3n) is 1.57. The highest BCUT2D eigenvalue weighted by Gasteiger charge is 2.14. The number of rotatable bonds is 4. The lowest BCUT2D eigenvalue weighted by Gasteiger charge is -1.90. The quantitative estimate of drug-likeness (QED) is 0.658. The number of aromatic nitrogens is 2. The van der Waals surface area contributed by atoms with Gasteiger partial charge in [-0.3, -0.25) is 0 Å². The molecule has 0 aromatic carbocycles. The maximum atomic E-state index is 10.9. The molecule has 0 amide bonds. The number of unbranched alkanes of at least 4 members (excludes halogenated alkanes) is 1. The summed E-state index contributed by atoms with van der Waals surface area (Å²) in [5, 5.41) is 7.25. The van der Waals surface area contributed by atoms with Gasteiger partial charge in [-0.2, -0.15) is 0 Å². The number of ether oxygens (including phenoxy) is 1. The first-order valence-corrected chi connectivity index (χ1v) is 4.18. The Hall–Kier alpha value is -1.39. The standard InChI is InChI=1S/C8H12N2O3/c1-3-4-5-6-9-10-7(13-6)8(11)12-2/h3-5H2,1-2H3. The number of esters is 1. The third-order valence-corrected chi connectivity index (χ3v) is 1.57. The van der Waals surface area contributed by atoms with E-state index in [1.165, 1.54) is 7.11 Å². The average molecular weight is 184 g/mol. The van der Waals surface area contributed by atoms with Gasteiger partial charge in [0.15, 0.2) is 0 Å². The van der Waals surface area contributed by atoms with Crippen molar-refractivity contribution in [1.82, 2.24) is 10.2 Å². The predicted molar refractivity (Wildman–Crippen MR) is 44.2 cm³/mol. The van der Waals surface area contributed by atoms with Gasteiger partial charge >= 0.3 is 11.9 Å². The molecule has 5 nitrogen and oxygen atoms in total. The Kier molecular flexibility index (Phi) is 3.42. The zero-order chi connectivity index (χ0) is 9.68. The molecule has 0 radical (unpaired) electrons. The van der Waals surface area contributed by atoms with Gasteiger partial charge in [0, 0.05) is 6.42 Å². The highest BCUT2D eigenvalue weighted by Crippen LogP contribution is 2.04. The van der Waals surface area contributed by atoms with Gasteiger partial charge in [0.25, 0.3) is 0 Å². The number of hydrogen-bond acceptors (Lipinski definition) is 5. The lowest BCUT2D eigenvalue weighted by Crippen LogP contribution is -2.00. The van der Waals surface area contributed by atoms with Crippen LogP contribution in [0.1, 0.15) is 36.3 Å². The first-order chi connectivity index (χ1) is 6.27. The van der Waals surface area contributed by atoms with E-state index < -0.39 is 5.97 Å². The maximum absolute atomic E-state index is 10.9. The lowest BCUT2D eigenvalue weighted by atomic mass is 10.2. The smallest absolute Gasteiger partial charge is 0.396 e. The lowest BCUT2D eigenvalue weighted by molar-refractivity contribution is 0.0554. The van der Waals surface area contributed by atoms with Crippen molar-refractivity contribution >= 4 is 5.97 Å². The van der Waals surface area contributed by atoms with Crippen molar-refractivity contribution in [2.24, 2.45) is 0 Å². The van der Waals surface area contributed by atoms with E-state index in [1.807, 2.05) is 0 Å². The Morgan fingerprint density at radius 2 is 2.31 bits per heavy atom. The molecule has 0 fully saturated rings. The Labute approximate surface area is 76.1 Å². The summed E-state index contributed by atoms with van der Waals surface area (Å²) >= 11 is 0. The molecule has 0 aliphatic heterocycles. The van der Waals surface area contributed by atoms with E-state index in [1.54, 1.807) is 0 Å². The maximum Gasteiger partial charge on any atom is 0.396 e. The molecule has 1 rings (SSSR count). The molecule has 0 unspecified atom stereocenters. The fourth-order valence-electron chi connectivity index (χ4n) is 0.852. The molecule has 0 saturated heterocycles. The minimum Gasteiger partial charge on any atom is -0.462 e. The third kappa shape index (κ3) is 2.54. The van der Waals surface area contributed by atoms with Crippen LogP contribution in [0.5, 0.6) is 0 Å². The minimum atomic E-state index is -0.588. The summed E-state index contributed by atoms with van der Waals surface area (Å²) in [5.41, 5.74) is 0. The van der Waals surface area contributed by atoms with E-state index in [4.69, 9.17) is 4.42 Å². The van der Waals surface area contributed by atoms with E-state index in [0.29, 0.717) is 12.3 Å². The van der Waals surface area contributed by atoms with Crippen LogP contribution in [0.15, 0.2) is 4.42 Å². The van der Waals surface area contributed by atoms with Crippen LogP contribution in [0.4, 0.5) is 0 Å². The van der Waals surface area contributed by atoms with Gasteiger partial charge in [-0.1, -0.05) is 13.3 Å². The molecule has 13 heavy (non-hydrogen) atoms.